The van der Waals surface area contributed by atoms with Gasteiger partial charge in [0.15, 0.2) is 0 Å². The number of piperazine rings is 1. The van der Waals surface area contributed by atoms with Gasteiger partial charge in [0.25, 0.3) is 0 Å². The molecule has 8 heteroatoms. The van der Waals surface area contributed by atoms with Gasteiger partial charge in [-0.1, -0.05) is 59.9 Å². The summed E-state index contributed by atoms with van der Waals surface area (Å²) >= 11 is 1.19. The molecule has 166 valence electrons. The summed E-state index contributed by atoms with van der Waals surface area (Å²) in [4.78, 5) is 28.9. The Bertz CT molecular complexity index is 1100. The first-order valence-corrected chi connectivity index (χ1v) is 11.2. The minimum absolute atomic E-state index is 0.152. The molecule has 2 N–H and O–H groups in total. The smallest absolute Gasteiger partial charge is 0.449 e. The van der Waals surface area contributed by atoms with Crippen LogP contribution < -0.4 is 15.0 Å². The third kappa shape index (κ3) is 4.70. The minimum Gasteiger partial charge on any atom is -0.449 e. The van der Waals surface area contributed by atoms with Gasteiger partial charge in [-0.05, 0) is 36.6 Å². The maximum absolute atomic E-state index is 12.9. The summed E-state index contributed by atoms with van der Waals surface area (Å²) in [5, 5.41) is 12.1. The van der Waals surface area contributed by atoms with Crippen LogP contribution in [-0.4, -0.2) is 48.4 Å². The molecule has 0 bridgehead atoms. The number of anilines is 2. The molecule has 0 atom stereocenters. The van der Waals surface area contributed by atoms with E-state index in [1.165, 1.54) is 28.2 Å². The van der Waals surface area contributed by atoms with Crippen LogP contribution in [0.15, 0.2) is 54.6 Å². The number of rotatable bonds is 4. The molecular formula is C24H25N3O4S. The fourth-order valence-corrected chi connectivity index (χ4v) is 4.96. The fraction of sp³-hybridized carbons (Fsp3) is 0.250. The summed E-state index contributed by atoms with van der Waals surface area (Å²) in [6.07, 6.45) is -1.41. The molecule has 0 saturated carbocycles. The van der Waals surface area contributed by atoms with Gasteiger partial charge in [-0.2, -0.15) is 0 Å². The van der Waals surface area contributed by atoms with Gasteiger partial charge in [0.2, 0.25) is 5.06 Å². The van der Waals surface area contributed by atoms with Crippen LogP contribution in [-0.2, 0) is 0 Å². The number of carbonyl (C=O) groups is 2. The van der Waals surface area contributed by atoms with Gasteiger partial charge in [-0.25, -0.2) is 9.59 Å². The molecule has 7 nitrogen and oxygen atoms in total. The number of carbonyl (C=O) groups excluding carboxylic acids is 1. The molecule has 1 aliphatic rings. The maximum Gasteiger partial charge on any atom is 0.512 e. The molecule has 1 aromatic heterocycles. The Kier molecular flexibility index (Phi) is 6.32. The van der Waals surface area contributed by atoms with E-state index in [0.717, 1.165) is 23.5 Å². The second-order valence-electron chi connectivity index (χ2n) is 7.69. The Balaban J connectivity index is 1.46. The summed E-state index contributed by atoms with van der Waals surface area (Å²) in [5.41, 5.74) is 4.97. The number of nitrogens with one attached hydrogen (secondary N) is 1. The molecular weight excluding hydrogens is 426 g/mol. The highest BCUT2D eigenvalue weighted by molar-refractivity contribution is 7.18. The van der Waals surface area contributed by atoms with Crippen molar-refractivity contribution in [3.63, 3.8) is 0 Å². The lowest BCUT2D eigenvalue weighted by Gasteiger charge is -2.37. The lowest BCUT2D eigenvalue weighted by molar-refractivity contribution is 0.146. The predicted molar refractivity (Wildman–Crippen MR) is 127 cm³/mol. The van der Waals surface area contributed by atoms with E-state index in [4.69, 9.17) is 9.84 Å². The number of hydrogen-bond donors (Lipinski definition) is 2. The zero-order valence-electron chi connectivity index (χ0n) is 18.0. The first-order chi connectivity index (χ1) is 15.4. The van der Waals surface area contributed by atoms with Crippen molar-refractivity contribution < 1.29 is 19.4 Å². The van der Waals surface area contributed by atoms with Gasteiger partial charge >= 0.3 is 12.2 Å². The van der Waals surface area contributed by atoms with E-state index >= 15 is 0 Å². The number of para-hydroxylation sites is 1. The first-order valence-electron chi connectivity index (χ1n) is 10.4. The summed E-state index contributed by atoms with van der Waals surface area (Å²) < 4.78 is 4.93. The lowest BCUT2D eigenvalue weighted by Crippen LogP contribution is -2.50. The van der Waals surface area contributed by atoms with Crippen LogP contribution in [0.2, 0.25) is 0 Å². The van der Waals surface area contributed by atoms with Crippen molar-refractivity contribution in [1.29, 1.82) is 0 Å². The minimum atomic E-state index is -1.41. The average Bonchev–Trinajstić information content (AvgIpc) is 3.16. The Morgan fingerprint density at radius 1 is 0.969 bits per heavy atom. The molecule has 1 aliphatic heterocycles. The molecule has 1 fully saturated rings. The summed E-state index contributed by atoms with van der Waals surface area (Å²) in [7, 11) is 0. The molecule has 0 spiro atoms. The van der Waals surface area contributed by atoms with Crippen LogP contribution in [0, 0.1) is 13.8 Å². The monoisotopic (exact) mass is 451 g/mol. The summed E-state index contributed by atoms with van der Waals surface area (Å²) in [6, 6.07) is 17.3. The van der Waals surface area contributed by atoms with E-state index in [-0.39, 0.29) is 11.1 Å². The van der Waals surface area contributed by atoms with E-state index in [1.54, 1.807) is 11.0 Å². The zero-order chi connectivity index (χ0) is 22.7. The molecule has 2 heterocycles. The second kappa shape index (κ2) is 9.32. The lowest BCUT2D eigenvalue weighted by atomic mass is 10.1. The Morgan fingerprint density at radius 3 is 2.25 bits per heavy atom. The van der Waals surface area contributed by atoms with Gasteiger partial charge < -0.3 is 25.0 Å². The maximum atomic E-state index is 12.9. The van der Waals surface area contributed by atoms with Crippen molar-refractivity contribution in [2.75, 3.05) is 36.4 Å². The van der Waals surface area contributed by atoms with E-state index in [0.29, 0.717) is 18.8 Å². The number of urea groups is 1. The van der Waals surface area contributed by atoms with E-state index in [9.17, 15) is 9.59 Å². The standard InChI is InChI=1S/C24H25N3O4S/c1-16-7-6-8-17(2)21(16)26-11-13-27(14-12-26)23(28)25-19-15-20(18-9-4-3-5-10-18)32-22(19)31-24(29)30/h3-10,15H,11-14H2,1-2H3,(H,25,28)(H,29,30). The van der Waals surface area contributed by atoms with Crippen molar-refractivity contribution in [3.05, 3.63) is 65.7 Å². The highest BCUT2D eigenvalue weighted by Crippen LogP contribution is 2.41. The fourth-order valence-electron chi connectivity index (χ4n) is 3.99. The first kappa shape index (κ1) is 21.7. The number of aryl methyl sites for hydroxylation is 2. The van der Waals surface area contributed by atoms with Crippen molar-refractivity contribution in [1.82, 2.24) is 4.90 Å². The number of hydrogen-bond acceptors (Lipinski definition) is 5. The molecule has 3 aromatic rings. The molecule has 1 saturated heterocycles. The van der Waals surface area contributed by atoms with Crippen molar-refractivity contribution in [2.24, 2.45) is 0 Å². The summed E-state index contributed by atoms with van der Waals surface area (Å²) in [5.74, 6) is 0. The van der Waals surface area contributed by atoms with Crippen LogP contribution in [0.4, 0.5) is 21.0 Å². The highest BCUT2D eigenvalue weighted by atomic mass is 32.1. The van der Waals surface area contributed by atoms with Gasteiger partial charge in [0, 0.05) is 36.7 Å². The Hall–Kier alpha value is -3.52. The largest absolute Gasteiger partial charge is 0.512 e. The number of amides is 2. The Labute approximate surface area is 190 Å². The van der Waals surface area contributed by atoms with Crippen LogP contribution in [0.3, 0.4) is 0 Å². The average molecular weight is 452 g/mol. The number of thiophene rings is 1. The highest BCUT2D eigenvalue weighted by Gasteiger charge is 2.25. The Morgan fingerprint density at radius 2 is 1.62 bits per heavy atom. The topological polar surface area (TPSA) is 82.1 Å². The molecule has 0 aliphatic carbocycles. The third-order valence-electron chi connectivity index (χ3n) is 5.50. The summed E-state index contributed by atoms with van der Waals surface area (Å²) in [6.45, 7) is 6.82. The molecule has 4 rings (SSSR count). The zero-order valence-corrected chi connectivity index (χ0v) is 18.8. The van der Waals surface area contributed by atoms with Crippen LogP contribution in [0.25, 0.3) is 10.4 Å². The number of ether oxygens (including phenoxy) is 1. The van der Waals surface area contributed by atoms with Gasteiger partial charge in [0.05, 0.1) is 5.69 Å². The molecule has 2 amide bonds. The number of carboxylic acid groups (broad SMARTS) is 1. The van der Waals surface area contributed by atoms with E-state index in [2.05, 4.69) is 42.3 Å². The van der Waals surface area contributed by atoms with Crippen LogP contribution in [0.1, 0.15) is 11.1 Å². The van der Waals surface area contributed by atoms with Crippen LogP contribution in [0.5, 0.6) is 5.06 Å². The second-order valence-corrected chi connectivity index (χ2v) is 8.71. The SMILES string of the molecule is Cc1cccc(C)c1N1CCN(C(=O)Nc2cc(-c3ccccc3)sc2OC(=O)O)CC1. The quantitative estimate of drug-likeness (QED) is 0.516. The molecule has 32 heavy (non-hydrogen) atoms. The number of nitrogens with zero attached hydrogens (tertiary/aromatic N) is 2. The van der Waals surface area contributed by atoms with Crippen LogP contribution >= 0.6 is 11.3 Å². The molecule has 0 radical (unpaired) electrons. The van der Waals surface area contributed by atoms with Gasteiger partial charge in [-0.3, -0.25) is 0 Å². The third-order valence-corrected chi connectivity index (χ3v) is 6.56. The van der Waals surface area contributed by atoms with Crippen molar-refractivity contribution >= 4 is 34.9 Å². The molecule has 2 aromatic carbocycles. The van der Waals surface area contributed by atoms with E-state index in [1.807, 2.05) is 30.3 Å². The molecule has 0 unspecified atom stereocenters. The predicted octanol–water partition coefficient (Wildman–Crippen LogP) is 5.44. The number of benzene rings is 2. The van der Waals surface area contributed by atoms with E-state index < -0.39 is 6.16 Å². The normalized spacial score (nSPS) is 13.7. The van der Waals surface area contributed by atoms with Crippen molar-refractivity contribution in [2.45, 2.75) is 13.8 Å². The van der Waals surface area contributed by atoms with Gasteiger partial charge in [-0.15, -0.1) is 0 Å². The van der Waals surface area contributed by atoms with Gasteiger partial charge in [0.1, 0.15) is 0 Å². The van der Waals surface area contributed by atoms with Crippen molar-refractivity contribution in [3.8, 4) is 15.5 Å².